The number of carboxylic acids is 1. The van der Waals surface area contributed by atoms with Crippen molar-refractivity contribution in [2.45, 2.75) is 56.9 Å². The number of hydrogen-bond donors (Lipinski definition) is 1. The monoisotopic (exact) mass is 375 g/mol. The third-order valence-electron chi connectivity index (χ3n) is 7.73. The maximum absolute atomic E-state index is 11.7. The minimum atomic E-state index is -0.642. The standard InChI is InChI=1S/C25H29NO2/c1-24(23(27)28)12-13-26(17-24)21-10-11-25(16-21)15-20-8-3-2-6-18(20)14-19-7-4-5-9-22(19)25/h2-9,21H,10-17H2,1H3,(H,27,28). The van der Waals surface area contributed by atoms with Gasteiger partial charge < -0.3 is 5.11 Å². The molecule has 1 saturated carbocycles. The lowest BCUT2D eigenvalue weighted by Gasteiger charge is -2.33. The zero-order valence-electron chi connectivity index (χ0n) is 16.7. The molecule has 2 aromatic rings. The van der Waals surface area contributed by atoms with Crippen LogP contribution in [0.4, 0.5) is 0 Å². The smallest absolute Gasteiger partial charge is 0.310 e. The number of rotatable bonds is 2. The van der Waals surface area contributed by atoms with Crippen molar-refractivity contribution in [3.8, 4) is 0 Å². The van der Waals surface area contributed by atoms with Gasteiger partial charge >= 0.3 is 5.97 Å². The van der Waals surface area contributed by atoms with Crippen LogP contribution < -0.4 is 0 Å². The molecule has 1 aliphatic heterocycles. The highest BCUT2D eigenvalue weighted by Gasteiger charge is 2.48. The SMILES string of the molecule is CC1(C(=O)O)CCN(C2CCC3(Cc4ccccc4Cc4ccccc43)C2)C1. The van der Waals surface area contributed by atoms with Crippen molar-refractivity contribution < 1.29 is 9.90 Å². The first-order valence-corrected chi connectivity index (χ1v) is 10.6. The zero-order chi connectivity index (χ0) is 19.4. The molecule has 5 rings (SSSR count). The lowest BCUT2D eigenvalue weighted by molar-refractivity contribution is -0.147. The number of fused-ring (bicyclic) bond motifs is 3. The van der Waals surface area contributed by atoms with E-state index in [4.69, 9.17) is 0 Å². The molecular weight excluding hydrogens is 346 g/mol. The molecule has 0 radical (unpaired) electrons. The second kappa shape index (κ2) is 6.45. The fourth-order valence-electron chi connectivity index (χ4n) is 6.06. The summed E-state index contributed by atoms with van der Waals surface area (Å²) in [5.74, 6) is -0.642. The van der Waals surface area contributed by atoms with Gasteiger partial charge in [-0.05, 0) is 74.2 Å². The van der Waals surface area contributed by atoms with Crippen LogP contribution in [0.25, 0.3) is 0 Å². The second-order valence-corrected chi connectivity index (χ2v) is 9.54. The zero-order valence-corrected chi connectivity index (χ0v) is 16.7. The first-order valence-electron chi connectivity index (χ1n) is 10.6. The summed E-state index contributed by atoms with van der Waals surface area (Å²) >= 11 is 0. The fraction of sp³-hybridized carbons (Fsp3) is 0.480. The van der Waals surface area contributed by atoms with E-state index < -0.39 is 11.4 Å². The van der Waals surface area contributed by atoms with E-state index in [9.17, 15) is 9.90 Å². The van der Waals surface area contributed by atoms with E-state index in [0.717, 1.165) is 32.2 Å². The predicted molar refractivity (Wildman–Crippen MR) is 111 cm³/mol. The normalized spacial score (nSPS) is 32.1. The van der Waals surface area contributed by atoms with E-state index >= 15 is 0 Å². The molecule has 1 spiro atoms. The van der Waals surface area contributed by atoms with Crippen molar-refractivity contribution in [2.75, 3.05) is 13.1 Å². The Kier molecular flexibility index (Phi) is 4.13. The number of benzene rings is 2. The molecular formula is C25H29NO2. The maximum Gasteiger partial charge on any atom is 0.310 e. The molecule has 3 unspecified atom stereocenters. The first kappa shape index (κ1) is 17.9. The molecule has 2 fully saturated rings. The van der Waals surface area contributed by atoms with Gasteiger partial charge in [-0.25, -0.2) is 0 Å². The van der Waals surface area contributed by atoms with Gasteiger partial charge in [0.1, 0.15) is 0 Å². The van der Waals surface area contributed by atoms with Gasteiger partial charge in [0.2, 0.25) is 0 Å². The third-order valence-corrected chi connectivity index (χ3v) is 7.73. The number of aliphatic carboxylic acids is 1. The molecule has 3 heteroatoms. The molecule has 146 valence electrons. The fourth-order valence-corrected chi connectivity index (χ4v) is 6.06. The van der Waals surface area contributed by atoms with Crippen molar-refractivity contribution in [3.63, 3.8) is 0 Å². The molecule has 1 saturated heterocycles. The highest BCUT2D eigenvalue weighted by molar-refractivity contribution is 5.74. The minimum Gasteiger partial charge on any atom is -0.481 e. The average Bonchev–Trinajstić information content (AvgIpc) is 3.26. The lowest BCUT2D eigenvalue weighted by atomic mass is 9.73. The lowest BCUT2D eigenvalue weighted by Crippen LogP contribution is -2.37. The van der Waals surface area contributed by atoms with Gasteiger partial charge in [-0.15, -0.1) is 0 Å². The molecule has 2 aliphatic carbocycles. The third kappa shape index (κ3) is 2.79. The Labute approximate surface area is 167 Å². The summed E-state index contributed by atoms with van der Waals surface area (Å²) in [7, 11) is 0. The second-order valence-electron chi connectivity index (χ2n) is 9.54. The van der Waals surface area contributed by atoms with Crippen LogP contribution in [0.1, 0.15) is 54.9 Å². The van der Waals surface area contributed by atoms with Crippen LogP contribution in [0.15, 0.2) is 48.5 Å². The van der Waals surface area contributed by atoms with Crippen molar-refractivity contribution in [2.24, 2.45) is 5.41 Å². The minimum absolute atomic E-state index is 0.191. The van der Waals surface area contributed by atoms with E-state index in [1.54, 1.807) is 0 Å². The molecule has 1 N–H and O–H groups in total. The van der Waals surface area contributed by atoms with Crippen LogP contribution >= 0.6 is 0 Å². The Morgan fingerprint density at radius 3 is 2.50 bits per heavy atom. The molecule has 2 aromatic carbocycles. The van der Waals surface area contributed by atoms with Crippen molar-refractivity contribution >= 4 is 5.97 Å². The number of likely N-dealkylation sites (tertiary alicyclic amines) is 1. The van der Waals surface area contributed by atoms with Crippen molar-refractivity contribution in [3.05, 3.63) is 70.8 Å². The van der Waals surface area contributed by atoms with Crippen LogP contribution in [0, 0.1) is 5.41 Å². The molecule has 28 heavy (non-hydrogen) atoms. The summed E-state index contributed by atoms with van der Waals surface area (Å²) < 4.78 is 0. The molecule has 3 aliphatic rings. The van der Waals surface area contributed by atoms with Gasteiger partial charge in [-0.3, -0.25) is 9.69 Å². The van der Waals surface area contributed by atoms with E-state index in [-0.39, 0.29) is 5.41 Å². The van der Waals surface area contributed by atoms with Gasteiger partial charge in [-0.1, -0.05) is 48.5 Å². The van der Waals surface area contributed by atoms with Gasteiger partial charge in [0.05, 0.1) is 5.41 Å². The van der Waals surface area contributed by atoms with Gasteiger partial charge in [0.25, 0.3) is 0 Å². The Hall–Kier alpha value is -2.13. The molecule has 0 aromatic heterocycles. The topological polar surface area (TPSA) is 40.5 Å². The van der Waals surface area contributed by atoms with Crippen molar-refractivity contribution in [1.82, 2.24) is 4.90 Å². The summed E-state index contributed by atoms with van der Waals surface area (Å²) in [6, 6.07) is 18.5. The maximum atomic E-state index is 11.7. The molecule has 3 nitrogen and oxygen atoms in total. The Bertz CT molecular complexity index is 922. The van der Waals surface area contributed by atoms with Crippen molar-refractivity contribution in [1.29, 1.82) is 0 Å². The van der Waals surface area contributed by atoms with Crippen LogP contribution in [-0.2, 0) is 23.1 Å². The van der Waals surface area contributed by atoms with E-state index in [2.05, 4.69) is 53.4 Å². The number of nitrogens with zero attached hydrogens (tertiary/aromatic N) is 1. The van der Waals surface area contributed by atoms with E-state index in [0.29, 0.717) is 12.6 Å². The summed E-state index contributed by atoms with van der Waals surface area (Å²) in [6.45, 7) is 3.53. The summed E-state index contributed by atoms with van der Waals surface area (Å²) in [5, 5.41) is 9.63. The molecule has 0 amide bonds. The molecule has 1 heterocycles. The first-order chi connectivity index (χ1) is 13.5. The van der Waals surface area contributed by atoms with E-state index in [1.807, 2.05) is 6.92 Å². The number of carboxylic acid groups (broad SMARTS) is 1. The summed E-state index contributed by atoms with van der Waals surface area (Å²) in [4.78, 5) is 14.2. The quantitative estimate of drug-likeness (QED) is 0.845. The van der Waals surface area contributed by atoms with Gasteiger partial charge in [0, 0.05) is 18.0 Å². The molecule has 0 bridgehead atoms. The average molecular weight is 376 g/mol. The highest BCUT2D eigenvalue weighted by atomic mass is 16.4. The number of hydrogen-bond acceptors (Lipinski definition) is 2. The van der Waals surface area contributed by atoms with Gasteiger partial charge in [0.15, 0.2) is 0 Å². The largest absolute Gasteiger partial charge is 0.481 e. The predicted octanol–water partition coefficient (Wildman–Crippen LogP) is 4.42. The highest BCUT2D eigenvalue weighted by Crippen LogP contribution is 2.50. The Morgan fingerprint density at radius 2 is 1.75 bits per heavy atom. The van der Waals surface area contributed by atoms with Crippen LogP contribution in [-0.4, -0.2) is 35.1 Å². The Morgan fingerprint density at radius 1 is 1.04 bits per heavy atom. The summed E-state index contributed by atoms with van der Waals surface area (Å²) in [6.07, 6.45) is 6.43. The van der Waals surface area contributed by atoms with Crippen LogP contribution in [0.3, 0.4) is 0 Å². The summed E-state index contributed by atoms with van der Waals surface area (Å²) in [5.41, 5.74) is 5.59. The van der Waals surface area contributed by atoms with Gasteiger partial charge in [-0.2, -0.15) is 0 Å². The molecule has 3 atom stereocenters. The van der Waals surface area contributed by atoms with E-state index in [1.165, 1.54) is 35.1 Å². The number of carbonyl (C=O) groups is 1. The Balaban J connectivity index is 1.48. The van der Waals surface area contributed by atoms with Crippen LogP contribution in [0.5, 0.6) is 0 Å². The van der Waals surface area contributed by atoms with Crippen LogP contribution in [0.2, 0.25) is 0 Å².